The third-order valence-corrected chi connectivity index (χ3v) is 24.8. The molecule has 6 aromatic carbocycles. The van der Waals surface area contributed by atoms with Crippen molar-refractivity contribution < 1.29 is 130 Å². The summed E-state index contributed by atoms with van der Waals surface area (Å²) in [7, 11) is 4.41. The summed E-state index contributed by atoms with van der Waals surface area (Å²) in [6, 6.07) is 49.2. The number of methoxy groups -OCH3 is 4. The Morgan fingerprint density at radius 3 is 1.24 bits per heavy atom. The zero-order valence-electron chi connectivity index (χ0n) is 73.5. The molecular weight excluding hydrogens is 1790 g/mol. The van der Waals surface area contributed by atoms with Gasteiger partial charge in [-0.05, 0) is 147 Å². The maximum Gasteiger partial charge on any atom is 0.471 e. The van der Waals surface area contributed by atoms with Crippen molar-refractivity contribution in [2.75, 3.05) is 61.3 Å². The van der Waals surface area contributed by atoms with Gasteiger partial charge in [-0.25, -0.2) is 14.3 Å². The number of benzene rings is 6. The predicted octanol–water partition coefficient (Wildman–Crippen LogP) is 10.4. The Labute approximate surface area is 773 Å². The molecule has 11 atom stereocenters. The molecule has 4 aliphatic rings. The van der Waals surface area contributed by atoms with E-state index in [2.05, 4.69) is 55.0 Å². The number of ether oxygens (including phenoxy) is 8. The van der Waals surface area contributed by atoms with E-state index in [4.69, 9.17) is 46.9 Å². The Bertz CT molecular complexity index is 5560. The number of amides is 4. The molecule has 130 heavy (non-hydrogen) atoms. The molecule has 29 nitrogen and oxygen atoms in total. The monoisotopic (exact) mass is 1900 g/mol. The second kappa shape index (κ2) is 43.9. The minimum atomic E-state index is -5.20. The standard InChI is InChI=1S/C51H60F3N6O10P.C42H43F3N4O9.Y/c1-32(2)28-41(57-47(63)51(52,53)54)45(62)56-26-12-14-35-29-59(48(64)58-44(35)61)46-42-43(70-71(68-27-13-25-55)60(33(3)4)34(5)6)49(69-46,31-67-42)30-50(36-15-10-9-11-16-36,37-17-21-39(65-7)22-18-37)38-19-23-40(66-8)24-20-38;1-25(2)21-32(47-38(53)42(43,44)45)36(52)46-20-8-9-26-22-49(39(54)48-35(26)51)37-33-34(50)40(58-37,24-57-33)23-41(27-10-6-5-7-11-27,28-12-16-30(55-3)17-13-28)29-14-18-31(56-4)19-15-29;/h9-11,15-24,29,32-34,41-43,46H,13,26-28,30-31H2,1-8H3,(H,56,62)(H,57,63)(H,58,61,64);5-7,10-19,22,25,32-34,37,50H,20-21,23-24H2,1-4H3,(H,46,52)(H,47,53)(H,48,51,54);/t41?,42?,43-,46-,49?,71?;32?,33?,34-,37-,40?;/m11./s1. The topological polar surface area (TPSA) is 366 Å². The van der Waals surface area contributed by atoms with Gasteiger partial charge in [0.2, 0.25) is 11.8 Å². The number of nitriles is 1. The second-order valence-electron chi connectivity index (χ2n) is 32.8. The summed E-state index contributed by atoms with van der Waals surface area (Å²) < 4.78 is 145. The van der Waals surface area contributed by atoms with Crippen LogP contribution in [0.3, 0.4) is 0 Å². The minimum Gasteiger partial charge on any atom is -0.497 e. The van der Waals surface area contributed by atoms with Crippen LogP contribution in [0, 0.1) is 46.8 Å². The molecule has 4 amide bonds. The summed E-state index contributed by atoms with van der Waals surface area (Å²) in [5.41, 5.74) is -3.36. The fourth-order valence-electron chi connectivity index (χ4n) is 16.7. The molecule has 7 unspecified atom stereocenters. The Morgan fingerprint density at radius 2 is 0.885 bits per heavy atom. The smallest absolute Gasteiger partial charge is 0.471 e. The van der Waals surface area contributed by atoms with Crippen LogP contribution in [0.4, 0.5) is 26.3 Å². The number of aliphatic hydroxyl groups is 1. The summed E-state index contributed by atoms with van der Waals surface area (Å²) in [6.07, 6.45) is -14.4. The fraction of sp³-hybridized carbons (Fsp3) is 0.430. The average molecular weight is 1900 g/mol. The van der Waals surface area contributed by atoms with Gasteiger partial charge in [-0.15, -0.1) is 0 Å². The van der Waals surface area contributed by atoms with E-state index in [0.29, 0.717) is 23.0 Å². The maximum absolute atomic E-state index is 14.0. The molecule has 1 radical (unpaired) electrons. The van der Waals surface area contributed by atoms with Gasteiger partial charge in [0.25, 0.3) is 19.6 Å². The first-order valence-electron chi connectivity index (χ1n) is 41.6. The molecule has 4 bridgehead atoms. The number of hydrogen-bond donors (Lipinski definition) is 7. The van der Waals surface area contributed by atoms with Crippen LogP contribution in [0.25, 0.3) is 0 Å². The molecule has 2 aromatic heterocycles. The molecule has 37 heteroatoms. The van der Waals surface area contributed by atoms with Crippen molar-refractivity contribution in [1.82, 2.24) is 45.0 Å². The Balaban J connectivity index is 0.000000273. The molecule has 689 valence electrons. The number of fused-ring (bicyclic) bond motifs is 4. The molecule has 6 heterocycles. The largest absolute Gasteiger partial charge is 0.497 e. The van der Waals surface area contributed by atoms with Gasteiger partial charge in [0.05, 0.1) is 73.8 Å². The summed E-state index contributed by atoms with van der Waals surface area (Å²) >= 11 is 0. The van der Waals surface area contributed by atoms with Gasteiger partial charge in [-0.2, -0.15) is 31.6 Å². The van der Waals surface area contributed by atoms with Gasteiger partial charge in [-0.3, -0.25) is 47.9 Å². The SMILES string of the molecule is COc1ccc(C(CC23COC([C@H](n4cc(C#CCNC(=O)C(CC(C)C)NC(=O)C(F)(F)F)c(=O)[nH]c4=O)O2)[C@H]3O)(c2ccccc2)c2ccc(OC)cc2)cc1.COc1ccc(C(CC23COC([C@H](n4cc(C#CCNC(=O)C(CC(C)C)NC(=O)C(F)(F)F)c(=O)[nH]c4=O)O2)[C@H]3OP(OCCC#N)N(C(C)C)C(C)C)(c2ccccc2)c2ccc(OC)cc2)cc1.[Y]. The van der Waals surface area contributed by atoms with Crippen LogP contribution in [-0.4, -0.2) is 186 Å². The number of rotatable bonds is 34. The van der Waals surface area contributed by atoms with Crippen LogP contribution in [0.2, 0.25) is 0 Å². The zero-order valence-corrected chi connectivity index (χ0v) is 77.3. The van der Waals surface area contributed by atoms with Gasteiger partial charge in [0.1, 0.15) is 81.8 Å². The van der Waals surface area contributed by atoms with E-state index in [9.17, 15) is 75.1 Å². The van der Waals surface area contributed by atoms with Crippen LogP contribution in [0.1, 0.15) is 144 Å². The summed E-state index contributed by atoms with van der Waals surface area (Å²) in [5, 5.41) is 29.7. The van der Waals surface area contributed by atoms with Crippen molar-refractivity contribution in [3.05, 3.63) is 256 Å². The van der Waals surface area contributed by atoms with Crippen molar-refractivity contribution in [2.24, 2.45) is 11.8 Å². The molecular formula is C93H103F6N10O19PY. The number of nitrogens with zero attached hydrogens (tertiary/aromatic N) is 4. The first kappa shape index (κ1) is 101. The number of halogens is 6. The summed E-state index contributed by atoms with van der Waals surface area (Å²) in [5.74, 6) is 6.18. The number of H-pyrrole nitrogens is 2. The van der Waals surface area contributed by atoms with E-state index in [-0.39, 0.29) is 120 Å². The molecule has 0 aliphatic carbocycles. The molecule has 4 aliphatic heterocycles. The number of aromatic nitrogens is 4. The van der Waals surface area contributed by atoms with Crippen molar-refractivity contribution in [3.8, 4) is 52.7 Å². The van der Waals surface area contributed by atoms with Crippen LogP contribution in [-0.2, 0) is 90.7 Å². The first-order valence-corrected chi connectivity index (χ1v) is 42.7. The Morgan fingerprint density at radius 1 is 0.538 bits per heavy atom. The molecule has 7 N–H and O–H groups in total. The van der Waals surface area contributed by atoms with Crippen molar-refractivity contribution in [2.45, 2.75) is 183 Å². The van der Waals surface area contributed by atoms with E-state index in [1.807, 2.05) is 185 Å². The number of nitrogens with one attached hydrogen (secondary N) is 6. The molecule has 0 saturated carbocycles. The number of carbonyl (C=O) groups excluding carboxylic acids is 4. The molecule has 4 fully saturated rings. The normalized spacial score (nSPS) is 19.8. The molecule has 0 spiro atoms. The fourth-order valence-corrected chi connectivity index (χ4v) is 18.5. The molecule has 8 aromatic rings. The van der Waals surface area contributed by atoms with Gasteiger partial charge >= 0.3 is 35.5 Å². The van der Waals surface area contributed by atoms with E-state index < -0.39 is 151 Å². The first-order chi connectivity index (χ1) is 61.4. The van der Waals surface area contributed by atoms with E-state index in [0.717, 1.165) is 44.1 Å². The molecule has 4 saturated heterocycles. The van der Waals surface area contributed by atoms with Crippen LogP contribution >= 0.6 is 8.53 Å². The predicted molar refractivity (Wildman–Crippen MR) is 462 cm³/mol. The number of carbonyl (C=O) groups is 4. The van der Waals surface area contributed by atoms with Gasteiger partial charge in [-0.1, -0.05) is 161 Å². The van der Waals surface area contributed by atoms with Gasteiger partial charge in [0.15, 0.2) is 12.5 Å². The number of hydrogen-bond acceptors (Lipinski definition) is 21. The Hall–Kier alpha value is -10.8. The van der Waals surface area contributed by atoms with Crippen LogP contribution < -0.4 is 62.7 Å². The van der Waals surface area contributed by atoms with Crippen LogP contribution in [0.15, 0.2) is 189 Å². The number of aliphatic hydroxyl groups excluding tert-OH is 1. The van der Waals surface area contributed by atoms with E-state index in [1.165, 1.54) is 10.8 Å². The van der Waals surface area contributed by atoms with Crippen molar-refractivity contribution in [1.29, 1.82) is 5.26 Å². The minimum absolute atomic E-state index is 0. The van der Waals surface area contributed by atoms with Crippen molar-refractivity contribution >= 4 is 32.2 Å². The van der Waals surface area contributed by atoms with Gasteiger partial charge < -0.3 is 73.3 Å². The third kappa shape index (κ3) is 23.0. The molecule has 12 rings (SSSR count). The zero-order chi connectivity index (χ0) is 93.5. The summed E-state index contributed by atoms with van der Waals surface area (Å²) in [4.78, 5) is 107. The summed E-state index contributed by atoms with van der Waals surface area (Å²) in [6.45, 7) is 14.0. The van der Waals surface area contributed by atoms with E-state index >= 15 is 0 Å². The average Bonchev–Trinajstić information content (AvgIpc) is 1.54. The quantitative estimate of drug-likeness (QED) is 0.00648. The number of aromatic amines is 2. The van der Waals surface area contributed by atoms with Gasteiger partial charge in [0, 0.05) is 68.0 Å². The second-order valence-corrected chi connectivity index (χ2v) is 34.2. The third-order valence-electron chi connectivity index (χ3n) is 22.6. The van der Waals surface area contributed by atoms with Crippen LogP contribution in [0.5, 0.6) is 23.0 Å². The van der Waals surface area contributed by atoms with E-state index in [1.54, 1.807) is 66.8 Å². The maximum atomic E-state index is 14.0. The number of alkyl halides is 6. The Kier molecular flexibility index (Phi) is 34.2. The van der Waals surface area contributed by atoms with Crippen molar-refractivity contribution in [3.63, 3.8) is 0 Å².